The van der Waals surface area contributed by atoms with Gasteiger partial charge in [-0.15, -0.1) is 0 Å². The number of ether oxygens (including phenoxy) is 2. The quantitative estimate of drug-likeness (QED) is 0.653. The molecule has 1 N–H and O–H groups in total. The minimum atomic E-state index is -0.331. The van der Waals surface area contributed by atoms with Crippen molar-refractivity contribution < 1.29 is 19.4 Å². The summed E-state index contributed by atoms with van der Waals surface area (Å²) >= 11 is 0. The second kappa shape index (κ2) is 7.26. The summed E-state index contributed by atoms with van der Waals surface area (Å²) in [6.07, 6.45) is 1.39. The summed E-state index contributed by atoms with van der Waals surface area (Å²) in [5, 5.41) is 9.56. The van der Waals surface area contributed by atoms with E-state index in [4.69, 9.17) is 9.47 Å². The maximum Gasteiger partial charge on any atom is 0.325 e. The second-order valence-electron chi connectivity index (χ2n) is 4.91. The molecule has 20 heavy (non-hydrogen) atoms. The van der Waals surface area contributed by atoms with Crippen molar-refractivity contribution in [3.05, 3.63) is 24.3 Å². The van der Waals surface area contributed by atoms with Gasteiger partial charge in [0.05, 0.1) is 19.3 Å². The number of nitrogens with zero attached hydrogens (tertiary/aromatic N) is 1. The number of hydrogen-bond donors (Lipinski definition) is 1. The summed E-state index contributed by atoms with van der Waals surface area (Å²) < 4.78 is 10.6. The molecular formula is C15H21NO4. The Kier molecular flexibility index (Phi) is 5.38. The Bertz CT molecular complexity index is 432. The average Bonchev–Trinajstić information content (AvgIpc) is 2.41. The van der Waals surface area contributed by atoms with Crippen LogP contribution in [0.15, 0.2) is 24.3 Å². The molecular weight excluding hydrogens is 258 g/mol. The van der Waals surface area contributed by atoms with E-state index in [1.807, 2.05) is 11.8 Å². The van der Waals surface area contributed by atoms with Gasteiger partial charge in [-0.05, 0) is 50.6 Å². The zero-order valence-corrected chi connectivity index (χ0v) is 11.7. The topological polar surface area (TPSA) is 59.0 Å². The van der Waals surface area contributed by atoms with Gasteiger partial charge >= 0.3 is 5.97 Å². The molecule has 0 unspecified atom stereocenters. The summed E-state index contributed by atoms with van der Waals surface area (Å²) in [6.45, 7) is 4.11. The Morgan fingerprint density at radius 3 is 2.70 bits per heavy atom. The molecule has 1 heterocycles. The Hall–Kier alpha value is -1.59. The lowest BCUT2D eigenvalue weighted by Gasteiger charge is -2.28. The van der Waals surface area contributed by atoms with E-state index in [2.05, 4.69) is 0 Å². The first-order valence-corrected chi connectivity index (χ1v) is 7.01. The van der Waals surface area contributed by atoms with Crippen LogP contribution < -0.4 is 9.47 Å². The smallest absolute Gasteiger partial charge is 0.325 e. The Balaban J connectivity index is 1.81. The first kappa shape index (κ1) is 14.8. The first-order chi connectivity index (χ1) is 9.67. The number of benzene rings is 1. The highest BCUT2D eigenvalue weighted by Crippen LogP contribution is 2.18. The van der Waals surface area contributed by atoms with Crippen LogP contribution in [0.1, 0.15) is 19.8 Å². The first-order valence-electron chi connectivity index (χ1n) is 7.01. The van der Waals surface area contributed by atoms with E-state index >= 15 is 0 Å². The van der Waals surface area contributed by atoms with Crippen LogP contribution in [0.4, 0.5) is 0 Å². The number of carbonyl (C=O) groups excluding carboxylic acids is 1. The maximum atomic E-state index is 11.8. The molecule has 0 amide bonds. The van der Waals surface area contributed by atoms with Crippen molar-refractivity contribution in [2.75, 3.05) is 26.2 Å². The molecule has 2 rings (SSSR count). The van der Waals surface area contributed by atoms with Gasteiger partial charge in [0.25, 0.3) is 0 Å². The molecule has 0 bridgehead atoms. The van der Waals surface area contributed by atoms with E-state index in [0.29, 0.717) is 18.9 Å². The van der Waals surface area contributed by atoms with Crippen LogP contribution in [-0.4, -0.2) is 48.3 Å². The monoisotopic (exact) mass is 279 g/mol. The third kappa shape index (κ3) is 4.51. The van der Waals surface area contributed by atoms with Crippen molar-refractivity contribution in [3.8, 4) is 11.5 Å². The van der Waals surface area contributed by atoms with Crippen molar-refractivity contribution in [2.24, 2.45) is 0 Å². The highest BCUT2D eigenvalue weighted by molar-refractivity contribution is 5.74. The standard InChI is InChI=1S/C15H21NO4/c1-2-19-13-5-7-14(8-6-13)20-15(18)11-16-9-3-4-12(17)10-16/h5-8,12,17H,2-4,9-11H2,1H3/t12-/m0/s1. The minimum Gasteiger partial charge on any atom is -0.494 e. The fourth-order valence-electron chi connectivity index (χ4n) is 2.29. The van der Waals surface area contributed by atoms with Crippen molar-refractivity contribution >= 4 is 5.97 Å². The molecule has 0 aromatic heterocycles. The molecule has 1 atom stereocenters. The Morgan fingerprint density at radius 2 is 2.05 bits per heavy atom. The number of aliphatic hydroxyl groups is 1. The largest absolute Gasteiger partial charge is 0.494 e. The maximum absolute atomic E-state index is 11.8. The normalized spacial score (nSPS) is 19.6. The molecule has 1 aromatic rings. The molecule has 1 fully saturated rings. The van der Waals surface area contributed by atoms with E-state index < -0.39 is 0 Å². The third-order valence-corrected chi connectivity index (χ3v) is 3.20. The molecule has 1 saturated heterocycles. The van der Waals surface area contributed by atoms with Crippen LogP contribution in [0.25, 0.3) is 0 Å². The SMILES string of the molecule is CCOc1ccc(OC(=O)CN2CCC[C@H](O)C2)cc1. The van der Waals surface area contributed by atoms with Gasteiger partial charge in [0.1, 0.15) is 11.5 Å². The number of likely N-dealkylation sites (tertiary alicyclic amines) is 1. The zero-order chi connectivity index (χ0) is 14.4. The van der Waals surface area contributed by atoms with Gasteiger partial charge in [-0.1, -0.05) is 0 Å². The fourth-order valence-corrected chi connectivity index (χ4v) is 2.29. The third-order valence-electron chi connectivity index (χ3n) is 3.20. The number of rotatable bonds is 5. The Morgan fingerprint density at radius 1 is 1.35 bits per heavy atom. The van der Waals surface area contributed by atoms with Crippen LogP contribution >= 0.6 is 0 Å². The van der Waals surface area contributed by atoms with Crippen LogP contribution in [0.3, 0.4) is 0 Å². The van der Waals surface area contributed by atoms with Crippen LogP contribution in [0.5, 0.6) is 11.5 Å². The summed E-state index contributed by atoms with van der Waals surface area (Å²) in [6, 6.07) is 6.98. The van der Waals surface area contributed by atoms with Gasteiger partial charge in [0.2, 0.25) is 0 Å². The predicted octanol–water partition coefficient (Wildman–Crippen LogP) is 1.45. The lowest BCUT2D eigenvalue weighted by atomic mass is 10.1. The van der Waals surface area contributed by atoms with E-state index in [1.54, 1.807) is 24.3 Å². The van der Waals surface area contributed by atoms with Crippen molar-refractivity contribution in [1.82, 2.24) is 4.90 Å². The number of aliphatic hydroxyl groups excluding tert-OH is 1. The Labute approximate surface area is 119 Å². The van der Waals surface area contributed by atoms with Gasteiger partial charge in [-0.25, -0.2) is 0 Å². The molecule has 0 aliphatic carbocycles. The summed E-state index contributed by atoms with van der Waals surface area (Å²) in [5.74, 6) is 0.964. The minimum absolute atomic E-state index is 0.213. The molecule has 0 saturated carbocycles. The van der Waals surface area contributed by atoms with E-state index in [1.165, 1.54) is 0 Å². The number of piperidine rings is 1. The van der Waals surface area contributed by atoms with Crippen molar-refractivity contribution in [1.29, 1.82) is 0 Å². The molecule has 0 spiro atoms. The van der Waals surface area contributed by atoms with Crippen molar-refractivity contribution in [2.45, 2.75) is 25.9 Å². The predicted molar refractivity (Wildman–Crippen MR) is 74.9 cm³/mol. The number of hydrogen-bond acceptors (Lipinski definition) is 5. The van der Waals surface area contributed by atoms with Gasteiger partial charge in [-0.3, -0.25) is 9.69 Å². The van der Waals surface area contributed by atoms with E-state index in [-0.39, 0.29) is 18.6 Å². The molecule has 1 aliphatic heterocycles. The van der Waals surface area contributed by atoms with E-state index in [9.17, 15) is 9.90 Å². The summed E-state index contributed by atoms with van der Waals surface area (Å²) in [7, 11) is 0. The second-order valence-corrected chi connectivity index (χ2v) is 4.91. The van der Waals surface area contributed by atoms with Crippen LogP contribution in [0, 0.1) is 0 Å². The molecule has 1 aliphatic rings. The highest BCUT2D eigenvalue weighted by atomic mass is 16.5. The van der Waals surface area contributed by atoms with Gasteiger partial charge in [0, 0.05) is 6.54 Å². The van der Waals surface area contributed by atoms with Crippen LogP contribution in [-0.2, 0) is 4.79 Å². The molecule has 0 radical (unpaired) electrons. The molecule has 110 valence electrons. The molecule has 1 aromatic carbocycles. The zero-order valence-electron chi connectivity index (χ0n) is 11.7. The lowest BCUT2D eigenvalue weighted by molar-refractivity contribution is -0.136. The fraction of sp³-hybridized carbons (Fsp3) is 0.533. The molecule has 5 nitrogen and oxygen atoms in total. The van der Waals surface area contributed by atoms with Gasteiger partial charge in [0.15, 0.2) is 0 Å². The van der Waals surface area contributed by atoms with Crippen molar-refractivity contribution in [3.63, 3.8) is 0 Å². The number of esters is 1. The summed E-state index contributed by atoms with van der Waals surface area (Å²) in [5.41, 5.74) is 0. The highest BCUT2D eigenvalue weighted by Gasteiger charge is 2.20. The number of carbonyl (C=O) groups is 1. The van der Waals surface area contributed by atoms with Gasteiger partial charge in [-0.2, -0.15) is 0 Å². The van der Waals surface area contributed by atoms with Crippen LogP contribution in [0.2, 0.25) is 0 Å². The number of β-amino-alcohol motifs (C(OH)–C–C–N with tert-alkyl or cyclic N) is 1. The average molecular weight is 279 g/mol. The van der Waals surface area contributed by atoms with E-state index in [0.717, 1.165) is 25.1 Å². The lowest BCUT2D eigenvalue weighted by Crippen LogP contribution is -2.42. The molecule has 5 heteroatoms. The van der Waals surface area contributed by atoms with Gasteiger partial charge < -0.3 is 14.6 Å². The summed E-state index contributed by atoms with van der Waals surface area (Å²) in [4.78, 5) is 13.7.